The van der Waals surface area contributed by atoms with Gasteiger partial charge in [-0.2, -0.15) is 0 Å². The highest BCUT2D eigenvalue weighted by atomic mass is 16.3. The van der Waals surface area contributed by atoms with E-state index in [1.807, 2.05) is 26.8 Å². The number of carbonyl (C=O) groups is 1. The average molecular weight is 181 g/mol. The van der Waals surface area contributed by atoms with Gasteiger partial charge in [0.15, 0.2) is 0 Å². The van der Waals surface area contributed by atoms with Gasteiger partial charge < -0.3 is 9.73 Å². The lowest BCUT2D eigenvalue weighted by molar-refractivity contribution is -0.119. The van der Waals surface area contributed by atoms with Crippen LogP contribution in [0.25, 0.3) is 0 Å². The van der Waals surface area contributed by atoms with E-state index in [-0.39, 0.29) is 11.9 Å². The topological polar surface area (TPSA) is 42.2 Å². The Morgan fingerprint density at radius 1 is 1.54 bits per heavy atom. The first-order valence-corrected chi connectivity index (χ1v) is 4.34. The molecule has 0 saturated carbocycles. The normalized spacial score (nSPS) is 12.6. The summed E-state index contributed by atoms with van der Waals surface area (Å²) in [5.41, 5.74) is 1.05. The van der Waals surface area contributed by atoms with Gasteiger partial charge in [-0.25, -0.2) is 0 Å². The van der Waals surface area contributed by atoms with Gasteiger partial charge in [0.2, 0.25) is 5.91 Å². The van der Waals surface area contributed by atoms with E-state index in [2.05, 4.69) is 5.32 Å². The molecule has 1 rings (SSSR count). The van der Waals surface area contributed by atoms with Crippen LogP contribution in [0, 0.1) is 13.8 Å². The Kier molecular flexibility index (Phi) is 2.76. The van der Waals surface area contributed by atoms with Crippen molar-refractivity contribution >= 4 is 5.91 Å². The number of furan rings is 1. The van der Waals surface area contributed by atoms with Crippen molar-refractivity contribution < 1.29 is 9.21 Å². The van der Waals surface area contributed by atoms with Crippen molar-refractivity contribution in [3.63, 3.8) is 0 Å². The third kappa shape index (κ3) is 2.34. The molecule has 1 atom stereocenters. The monoisotopic (exact) mass is 181 g/mol. The van der Waals surface area contributed by atoms with Crippen LogP contribution < -0.4 is 5.32 Å². The van der Waals surface area contributed by atoms with Gasteiger partial charge in [-0.3, -0.25) is 4.79 Å². The number of amides is 1. The average Bonchev–Trinajstić information content (AvgIpc) is 2.28. The standard InChI is InChI=1S/C10H15NO2/c1-6-5-10(8(3)13-6)7(2)11-9(4)12/h5,7H,1-4H3,(H,11,12). The molecule has 1 aromatic rings. The van der Waals surface area contributed by atoms with Crippen molar-refractivity contribution in [1.82, 2.24) is 5.32 Å². The molecule has 0 aliphatic heterocycles. The summed E-state index contributed by atoms with van der Waals surface area (Å²) in [6.07, 6.45) is 0. The summed E-state index contributed by atoms with van der Waals surface area (Å²) in [4.78, 5) is 10.8. The Labute approximate surface area is 78.1 Å². The lowest BCUT2D eigenvalue weighted by atomic mass is 10.1. The summed E-state index contributed by atoms with van der Waals surface area (Å²) in [7, 11) is 0. The number of hydrogen-bond acceptors (Lipinski definition) is 2. The molecule has 3 nitrogen and oxygen atoms in total. The van der Waals surface area contributed by atoms with Crippen LogP contribution in [0.15, 0.2) is 10.5 Å². The molecular weight excluding hydrogens is 166 g/mol. The highest BCUT2D eigenvalue weighted by Gasteiger charge is 2.12. The van der Waals surface area contributed by atoms with E-state index in [1.165, 1.54) is 6.92 Å². The highest BCUT2D eigenvalue weighted by molar-refractivity contribution is 5.73. The second kappa shape index (κ2) is 3.64. The molecule has 0 bridgehead atoms. The minimum atomic E-state index is -0.0225. The zero-order chi connectivity index (χ0) is 10.0. The molecule has 1 aromatic heterocycles. The number of aryl methyl sites for hydroxylation is 2. The van der Waals surface area contributed by atoms with Crippen LogP contribution in [0.1, 0.15) is 37.0 Å². The van der Waals surface area contributed by atoms with Crippen LogP contribution in [0.5, 0.6) is 0 Å². The second-order valence-electron chi connectivity index (χ2n) is 3.29. The van der Waals surface area contributed by atoms with Gasteiger partial charge in [-0.1, -0.05) is 0 Å². The zero-order valence-electron chi connectivity index (χ0n) is 8.47. The van der Waals surface area contributed by atoms with Crippen molar-refractivity contribution in [2.75, 3.05) is 0 Å². The highest BCUT2D eigenvalue weighted by Crippen LogP contribution is 2.20. The predicted molar refractivity (Wildman–Crippen MR) is 50.4 cm³/mol. The molecule has 1 heterocycles. The second-order valence-corrected chi connectivity index (χ2v) is 3.29. The van der Waals surface area contributed by atoms with Crippen molar-refractivity contribution in [3.8, 4) is 0 Å². The first-order valence-electron chi connectivity index (χ1n) is 4.34. The Morgan fingerprint density at radius 3 is 2.54 bits per heavy atom. The van der Waals surface area contributed by atoms with E-state index in [1.54, 1.807) is 0 Å². The van der Waals surface area contributed by atoms with E-state index in [0.717, 1.165) is 17.1 Å². The minimum absolute atomic E-state index is 0.0225. The molecule has 72 valence electrons. The summed E-state index contributed by atoms with van der Waals surface area (Å²) in [5, 5.41) is 2.81. The molecule has 0 aromatic carbocycles. The van der Waals surface area contributed by atoms with Crippen molar-refractivity contribution in [2.45, 2.75) is 33.7 Å². The fourth-order valence-electron chi connectivity index (χ4n) is 1.46. The van der Waals surface area contributed by atoms with Crippen LogP contribution in [0.2, 0.25) is 0 Å². The van der Waals surface area contributed by atoms with Gasteiger partial charge in [0.25, 0.3) is 0 Å². The predicted octanol–water partition coefficient (Wildman–Crippen LogP) is 2.09. The van der Waals surface area contributed by atoms with Crippen LogP contribution in [0.3, 0.4) is 0 Å². The number of rotatable bonds is 2. The maximum Gasteiger partial charge on any atom is 0.217 e. The van der Waals surface area contributed by atoms with Gasteiger partial charge in [0.1, 0.15) is 11.5 Å². The van der Waals surface area contributed by atoms with Crippen molar-refractivity contribution in [3.05, 3.63) is 23.2 Å². The van der Waals surface area contributed by atoms with E-state index >= 15 is 0 Å². The van der Waals surface area contributed by atoms with Crippen LogP contribution >= 0.6 is 0 Å². The Balaban J connectivity index is 2.81. The first kappa shape index (κ1) is 9.84. The summed E-state index contributed by atoms with van der Waals surface area (Å²) in [5.74, 6) is 1.73. The maximum absolute atomic E-state index is 10.8. The molecule has 1 unspecified atom stereocenters. The zero-order valence-corrected chi connectivity index (χ0v) is 8.47. The van der Waals surface area contributed by atoms with E-state index in [4.69, 9.17) is 4.42 Å². The van der Waals surface area contributed by atoms with Gasteiger partial charge in [0.05, 0.1) is 6.04 Å². The molecule has 0 radical (unpaired) electrons. The largest absolute Gasteiger partial charge is 0.466 e. The van der Waals surface area contributed by atoms with Gasteiger partial charge >= 0.3 is 0 Å². The Morgan fingerprint density at radius 2 is 2.15 bits per heavy atom. The molecule has 0 spiro atoms. The van der Waals surface area contributed by atoms with Gasteiger partial charge in [-0.15, -0.1) is 0 Å². The summed E-state index contributed by atoms with van der Waals surface area (Å²) >= 11 is 0. The number of nitrogens with one attached hydrogen (secondary N) is 1. The molecule has 0 fully saturated rings. The Bertz CT molecular complexity index is 315. The molecule has 3 heteroatoms. The van der Waals surface area contributed by atoms with E-state index in [0.29, 0.717) is 0 Å². The van der Waals surface area contributed by atoms with Crippen molar-refractivity contribution in [1.29, 1.82) is 0 Å². The molecule has 1 amide bonds. The third-order valence-electron chi connectivity index (χ3n) is 1.97. The third-order valence-corrected chi connectivity index (χ3v) is 1.97. The van der Waals surface area contributed by atoms with E-state index < -0.39 is 0 Å². The van der Waals surface area contributed by atoms with Crippen LogP contribution in [-0.4, -0.2) is 5.91 Å². The molecule has 0 aliphatic carbocycles. The first-order chi connectivity index (χ1) is 6.00. The summed E-state index contributed by atoms with van der Waals surface area (Å²) in [6.45, 7) is 7.26. The summed E-state index contributed by atoms with van der Waals surface area (Å²) in [6, 6.07) is 1.98. The fraction of sp³-hybridized carbons (Fsp3) is 0.500. The lowest BCUT2D eigenvalue weighted by Crippen LogP contribution is -2.23. The fourth-order valence-corrected chi connectivity index (χ4v) is 1.46. The van der Waals surface area contributed by atoms with Crippen LogP contribution in [0.4, 0.5) is 0 Å². The molecule has 1 N–H and O–H groups in total. The Hall–Kier alpha value is -1.25. The molecular formula is C10H15NO2. The number of hydrogen-bond donors (Lipinski definition) is 1. The quantitative estimate of drug-likeness (QED) is 0.759. The lowest BCUT2D eigenvalue weighted by Gasteiger charge is -2.10. The molecule has 13 heavy (non-hydrogen) atoms. The molecule has 0 saturated heterocycles. The van der Waals surface area contributed by atoms with E-state index in [9.17, 15) is 4.79 Å². The molecule has 0 aliphatic rings. The number of carbonyl (C=O) groups excluding carboxylic acids is 1. The minimum Gasteiger partial charge on any atom is -0.466 e. The smallest absolute Gasteiger partial charge is 0.217 e. The SMILES string of the molecule is CC(=O)NC(C)c1cc(C)oc1C. The van der Waals surface area contributed by atoms with Crippen molar-refractivity contribution in [2.24, 2.45) is 0 Å². The van der Waals surface area contributed by atoms with Gasteiger partial charge in [0, 0.05) is 12.5 Å². The van der Waals surface area contributed by atoms with Crippen LogP contribution in [-0.2, 0) is 4.79 Å². The summed E-state index contributed by atoms with van der Waals surface area (Å²) < 4.78 is 5.37. The van der Waals surface area contributed by atoms with Gasteiger partial charge in [-0.05, 0) is 26.8 Å². The maximum atomic E-state index is 10.8.